The van der Waals surface area contributed by atoms with E-state index >= 15 is 0 Å². The van der Waals surface area contributed by atoms with Gasteiger partial charge in [0.2, 0.25) is 0 Å². The van der Waals surface area contributed by atoms with E-state index in [0.29, 0.717) is 24.3 Å². The van der Waals surface area contributed by atoms with E-state index in [1.54, 1.807) is 6.07 Å². The topological polar surface area (TPSA) is 99.2 Å². The lowest BCUT2D eigenvalue weighted by Gasteiger charge is -2.33. The van der Waals surface area contributed by atoms with Crippen molar-refractivity contribution in [3.63, 3.8) is 0 Å². The van der Waals surface area contributed by atoms with E-state index in [1.165, 1.54) is 0 Å². The van der Waals surface area contributed by atoms with Crippen LogP contribution in [0.5, 0.6) is 0 Å². The lowest BCUT2D eigenvalue weighted by Crippen LogP contribution is -2.39. The first-order chi connectivity index (χ1) is 17.7. The minimum atomic E-state index is -0.485. The zero-order valence-corrected chi connectivity index (χ0v) is 21.9. The number of ketones is 1. The maximum atomic E-state index is 12.9. The molecule has 2 atom stereocenters. The number of carbonyl (C=O) groups excluding carboxylic acids is 2. The molecule has 0 spiro atoms. The van der Waals surface area contributed by atoms with Crippen molar-refractivity contribution in [2.75, 3.05) is 5.32 Å². The molecule has 7 heteroatoms. The molecule has 2 aromatic carbocycles. The van der Waals surface area contributed by atoms with Crippen molar-refractivity contribution < 1.29 is 14.3 Å². The third-order valence-corrected chi connectivity index (χ3v) is 7.58. The molecule has 0 unspecified atom stereocenters. The van der Waals surface area contributed by atoms with Crippen LogP contribution in [0.15, 0.2) is 48.5 Å². The number of hydrogen-bond donors (Lipinski definition) is 2. The summed E-state index contributed by atoms with van der Waals surface area (Å²) >= 11 is 0. The summed E-state index contributed by atoms with van der Waals surface area (Å²) in [4.78, 5) is 25.3. The van der Waals surface area contributed by atoms with E-state index in [0.717, 1.165) is 60.3 Å². The Kier molecular flexibility index (Phi) is 6.90. The third kappa shape index (κ3) is 5.32. The second kappa shape index (κ2) is 10.1. The van der Waals surface area contributed by atoms with Crippen LogP contribution in [-0.2, 0) is 17.8 Å². The Morgan fingerprint density at radius 3 is 2.65 bits per heavy atom. The Hall–Kier alpha value is -3.45. The molecule has 3 aromatic rings. The summed E-state index contributed by atoms with van der Waals surface area (Å²) in [6.07, 6.45) is 5.41. The highest BCUT2D eigenvalue weighted by molar-refractivity contribution is 6.00. The number of nitrogens with zero attached hydrogens (tertiary/aromatic N) is 2. The molecule has 1 fully saturated rings. The molecule has 1 heterocycles. The van der Waals surface area contributed by atoms with E-state index in [4.69, 9.17) is 15.6 Å². The van der Waals surface area contributed by atoms with Gasteiger partial charge in [-0.2, -0.15) is 5.10 Å². The fraction of sp³-hybridized carbons (Fsp3) is 0.433. The van der Waals surface area contributed by atoms with Crippen molar-refractivity contribution >= 4 is 17.4 Å². The van der Waals surface area contributed by atoms with E-state index in [-0.39, 0.29) is 23.3 Å². The van der Waals surface area contributed by atoms with Gasteiger partial charge in [-0.25, -0.2) is 4.68 Å². The number of anilines is 1. The summed E-state index contributed by atoms with van der Waals surface area (Å²) in [6.45, 7) is 6.67. The lowest BCUT2D eigenvalue weighted by atomic mass is 9.75. The molecule has 194 valence electrons. The molecular formula is C30H36N4O3. The first-order valence-electron chi connectivity index (χ1n) is 13.2. The Balaban J connectivity index is 1.45. The number of fused-ring (bicyclic) bond motifs is 1. The fourth-order valence-corrected chi connectivity index (χ4v) is 5.79. The number of primary amides is 1. The van der Waals surface area contributed by atoms with Crippen molar-refractivity contribution in [1.29, 1.82) is 0 Å². The number of carbonyl (C=O) groups is 2. The van der Waals surface area contributed by atoms with Gasteiger partial charge in [-0.3, -0.25) is 9.59 Å². The van der Waals surface area contributed by atoms with Crippen LogP contribution >= 0.6 is 0 Å². The monoisotopic (exact) mass is 500 g/mol. The average molecular weight is 501 g/mol. The number of rotatable bonds is 7. The fourth-order valence-electron chi connectivity index (χ4n) is 5.79. The van der Waals surface area contributed by atoms with E-state index in [9.17, 15) is 9.59 Å². The van der Waals surface area contributed by atoms with Gasteiger partial charge in [0.1, 0.15) is 0 Å². The predicted molar refractivity (Wildman–Crippen MR) is 144 cm³/mol. The quantitative estimate of drug-likeness (QED) is 0.454. The Morgan fingerprint density at radius 1 is 1.14 bits per heavy atom. The highest BCUT2D eigenvalue weighted by atomic mass is 16.5. The molecule has 37 heavy (non-hydrogen) atoms. The Labute approximate surface area is 218 Å². The second-order valence-corrected chi connectivity index (χ2v) is 11.2. The van der Waals surface area contributed by atoms with Gasteiger partial charge in [-0.05, 0) is 55.4 Å². The minimum Gasteiger partial charge on any atom is -0.379 e. The first-order valence-corrected chi connectivity index (χ1v) is 13.2. The summed E-state index contributed by atoms with van der Waals surface area (Å²) < 4.78 is 8.21. The number of benzene rings is 2. The SMILES string of the molecule is Cc1nn(-c2ccc(C(N)=O)c(N[C@H]3CCCC[C@@H]3OCc3ccccc3)c2)c2c1C(=O)CC(C)(C)C2. The molecule has 2 aliphatic rings. The van der Waals surface area contributed by atoms with E-state index in [1.807, 2.05) is 41.9 Å². The molecule has 5 rings (SSSR count). The number of Topliss-reactive ketones (excluding diaryl/α,β-unsaturated/α-hetero) is 1. The molecule has 1 saturated carbocycles. The Bertz CT molecular complexity index is 1310. The molecule has 0 aliphatic heterocycles. The zero-order valence-electron chi connectivity index (χ0n) is 21.9. The van der Waals surface area contributed by atoms with Crippen molar-refractivity contribution in [3.05, 3.63) is 76.6 Å². The highest BCUT2D eigenvalue weighted by Crippen LogP contribution is 2.37. The van der Waals surface area contributed by atoms with Gasteiger partial charge in [-0.15, -0.1) is 0 Å². The zero-order chi connectivity index (χ0) is 26.2. The average Bonchev–Trinajstić information content (AvgIpc) is 3.19. The van der Waals surface area contributed by atoms with Crippen LogP contribution in [0.2, 0.25) is 0 Å². The number of amides is 1. The van der Waals surface area contributed by atoms with Gasteiger partial charge < -0.3 is 15.8 Å². The maximum absolute atomic E-state index is 12.9. The predicted octanol–water partition coefficient (Wildman–Crippen LogP) is 5.37. The summed E-state index contributed by atoms with van der Waals surface area (Å²) in [7, 11) is 0. The molecular weight excluding hydrogens is 464 g/mol. The van der Waals surface area contributed by atoms with Crippen LogP contribution in [0, 0.1) is 12.3 Å². The number of aromatic nitrogens is 2. The standard InChI is InChI=1S/C30H36N4O3/c1-19-28-25(16-30(2,3)17-26(28)35)34(33-19)21-13-14-22(29(31)36)24(15-21)32-23-11-7-8-12-27(23)37-18-20-9-5-4-6-10-20/h4-6,9-10,13-15,23,27,32H,7-8,11-12,16-18H2,1-3H3,(H2,31,36)/t23-,27-/m0/s1. The van der Waals surface area contributed by atoms with Gasteiger partial charge in [0.05, 0.1) is 47.0 Å². The first kappa shape index (κ1) is 25.2. The normalized spacial score (nSPS) is 20.9. The van der Waals surface area contributed by atoms with Gasteiger partial charge >= 0.3 is 0 Å². The number of ether oxygens (including phenoxy) is 1. The summed E-state index contributed by atoms with van der Waals surface area (Å²) in [5.41, 5.74) is 11.1. The van der Waals surface area contributed by atoms with Gasteiger partial charge in [0.25, 0.3) is 5.91 Å². The van der Waals surface area contributed by atoms with Crippen LogP contribution in [0.4, 0.5) is 5.69 Å². The van der Waals surface area contributed by atoms with E-state index in [2.05, 4.69) is 31.3 Å². The molecule has 0 saturated heterocycles. The second-order valence-electron chi connectivity index (χ2n) is 11.2. The van der Waals surface area contributed by atoms with Crippen LogP contribution in [0.3, 0.4) is 0 Å². The van der Waals surface area contributed by atoms with Crippen molar-refractivity contribution in [2.24, 2.45) is 11.1 Å². The summed E-state index contributed by atoms with van der Waals surface area (Å²) in [6, 6.07) is 15.8. The van der Waals surface area contributed by atoms with Crippen LogP contribution in [-0.4, -0.2) is 33.6 Å². The van der Waals surface area contributed by atoms with Crippen molar-refractivity contribution in [2.45, 2.75) is 78.0 Å². The number of aryl methyl sites for hydroxylation is 1. The van der Waals surface area contributed by atoms with Crippen LogP contribution < -0.4 is 11.1 Å². The third-order valence-electron chi connectivity index (χ3n) is 7.58. The van der Waals surface area contributed by atoms with Gasteiger partial charge in [0, 0.05) is 12.1 Å². The van der Waals surface area contributed by atoms with Crippen molar-refractivity contribution in [1.82, 2.24) is 9.78 Å². The Morgan fingerprint density at radius 2 is 1.89 bits per heavy atom. The largest absolute Gasteiger partial charge is 0.379 e. The molecule has 0 bridgehead atoms. The summed E-state index contributed by atoms with van der Waals surface area (Å²) in [5.74, 6) is -0.343. The van der Waals surface area contributed by atoms with Crippen LogP contribution in [0.1, 0.15) is 83.6 Å². The molecule has 0 radical (unpaired) electrons. The molecule has 1 amide bonds. The van der Waals surface area contributed by atoms with E-state index < -0.39 is 5.91 Å². The van der Waals surface area contributed by atoms with Crippen LogP contribution in [0.25, 0.3) is 5.69 Å². The lowest BCUT2D eigenvalue weighted by molar-refractivity contribution is 0.00882. The number of nitrogens with one attached hydrogen (secondary N) is 1. The maximum Gasteiger partial charge on any atom is 0.250 e. The molecule has 7 nitrogen and oxygen atoms in total. The minimum absolute atomic E-state index is 0.0245. The van der Waals surface area contributed by atoms with Crippen molar-refractivity contribution in [3.8, 4) is 5.69 Å². The summed E-state index contributed by atoms with van der Waals surface area (Å²) in [5, 5.41) is 8.35. The molecule has 3 N–H and O–H groups in total. The smallest absolute Gasteiger partial charge is 0.250 e. The van der Waals surface area contributed by atoms with Gasteiger partial charge in [-0.1, -0.05) is 57.0 Å². The van der Waals surface area contributed by atoms with Gasteiger partial charge in [0.15, 0.2) is 5.78 Å². The number of hydrogen-bond acceptors (Lipinski definition) is 5. The highest BCUT2D eigenvalue weighted by Gasteiger charge is 2.36. The molecule has 2 aliphatic carbocycles. The molecule has 1 aromatic heterocycles. The number of nitrogens with two attached hydrogens (primary N) is 1.